The van der Waals surface area contributed by atoms with Gasteiger partial charge >= 0.3 is 12.4 Å². The second kappa shape index (κ2) is 9.70. The van der Waals surface area contributed by atoms with E-state index in [0.29, 0.717) is 36.4 Å². The Morgan fingerprint density at radius 1 is 0.909 bits per heavy atom. The second-order valence-corrected chi connectivity index (χ2v) is 8.07. The van der Waals surface area contributed by atoms with Crippen molar-refractivity contribution >= 4 is 5.91 Å². The number of aliphatic hydroxyl groups excluding tert-OH is 1. The molecule has 2 saturated heterocycles. The normalized spacial score (nSPS) is 20.8. The highest BCUT2D eigenvalue weighted by Crippen LogP contribution is 2.39. The Balaban J connectivity index is 0.000000186. The minimum absolute atomic E-state index is 0.0131. The van der Waals surface area contributed by atoms with E-state index >= 15 is 0 Å². The predicted molar refractivity (Wildman–Crippen MR) is 105 cm³/mol. The molecule has 2 unspecified atom stereocenters. The summed E-state index contributed by atoms with van der Waals surface area (Å²) in [5, 5.41) is 8.58. The molecule has 0 saturated carbocycles. The lowest BCUT2D eigenvalue weighted by molar-refractivity contribution is -0.143. The van der Waals surface area contributed by atoms with Gasteiger partial charge in [0.15, 0.2) is 0 Å². The average Bonchev–Trinajstić information content (AvgIpc) is 3.19. The molecule has 0 aromatic heterocycles. The lowest BCUT2D eigenvalue weighted by Gasteiger charge is -2.32. The molecule has 0 spiro atoms. The van der Waals surface area contributed by atoms with Crippen LogP contribution >= 0.6 is 0 Å². The third-order valence-electron chi connectivity index (χ3n) is 5.88. The van der Waals surface area contributed by atoms with E-state index in [9.17, 15) is 35.5 Å². The predicted octanol–water partition coefficient (Wildman–Crippen LogP) is 5.91. The first-order chi connectivity index (χ1) is 15.4. The van der Waals surface area contributed by atoms with E-state index in [0.717, 1.165) is 25.8 Å². The van der Waals surface area contributed by atoms with Crippen LogP contribution in [0.4, 0.5) is 30.7 Å². The molecule has 33 heavy (non-hydrogen) atoms. The van der Waals surface area contributed by atoms with Crippen molar-refractivity contribution in [1.82, 2.24) is 4.90 Å². The quantitative estimate of drug-likeness (QED) is 0.547. The number of hydrogen-bond donors (Lipinski definition) is 1. The van der Waals surface area contributed by atoms with E-state index in [2.05, 4.69) is 0 Å². The van der Waals surface area contributed by atoms with E-state index in [-0.39, 0.29) is 11.9 Å². The fourth-order valence-electron chi connectivity index (χ4n) is 4.34. The Hall–Kier alpha value is -2.62. The van der Waals surface area contributed by atoms with Crippen molar-refractivity contribution in [3.8, 4) is 0 Å². The van der Waals surface area contributed by atoms with Crippen molar-refractivity contribution in [2.75, 3.05) is 6.54 Å². The van der Waals surface area contributed by atoms with Crippen LogP contribution < -0.4 is 0 Å². The molecule has 10 heteroatoms. The summed E-state index contributed by atoms with van der Waals surface area (Å²) in [6.07, 6.45) is -5.93. The summed E-state index contributed by atoms with van der Waals surface area (Å²) in [5.74, 6) is 0.508. The van der Waals surface area contributed by atoms with Crippen LogP contribution in [0.2, 0.25) is 0 Å². The summed E-state index contributed by atoms with van der Waals surface area (Å²) in [6, 6.07) is 8.09. The molecule has 2 aromatic rings. The molecule has 2 fully saturated rings. The SMILES string of the molecule is O=C1CCCC2C(c3ccc(F)cc3)CCN12.OCc1cc(C(F)(F)F)cc(C(F)(F)F)c1. The highest BCUT2D eigenvalue weighted by Gasteiger charge is 2.39. The Morgan fingerprint density at radius 2 is 1.48 bits per heavy atom. The zero-order chi connectivity index (χ0) is 24.4. The molecule has 2 aromatic carbocycles. The van der Waals surface area contributed by atoms with Crippen LogP contribution in [-0.2, 0) is 23.8 Å². The number of carbonyl (C=O) groups excluding carboxylic acids is 1. The highest BCUT2D eigenvalue weighted by atomic mass is 19.4. The number of amides is 1. The first-order valence-electron chi connectivity index (χ1n) is 10.3. The van der Waals surface area contributed by atoms with Gasteiger partial charge in [-0.2, -0.15) is 26.3 Å². The number of carbonyl (C=O) groups is 1. The fourth-order valence-corrected chi connectivity index (χ4v) is 4.34. The van der Waals surface area contributed by atoms with E-state index in [1.54, 1.807) is 0 Å². The van der Waals surface area contributed by atoms with Crippen LogP contribution in [0.15, 0.2) is 42.5 Å². The van der Waals surface area contributed by atoms with Crippen LogP contribution in [0.3, 0.4) is 0 Å². The average molecular weight is 477 g/mol. The van der Waals surface area contributed by atoms with Crippen LogP contribution in [0.25, 0.3) is 0 Å². The van der Waals surface area contributed by atoms with Crippen molar-refractivity contribution in [1.29, 1.82) is 0 Å². The number of benzene rings is 2. The molecular weight excluding hydrogens is 455 g/mol. The molecule has 0 aliphatic carbocycles. The highest BCUT2D eigenvalue weighted by molar-refractivity contribution is 5.77. The maximum atomic E-state index is 12.9. The van der Waals surface area contributed by atoms with Crippen LogP contribution in [0.1, 0.15) is 53.9 Å². The standard InChI is InChI=1S/C14H16FNO.C9H6F6O/c15-11-6-4-10(5-7-11)12-8-9-16-13(12)2-1-3-14(16)17;10-8(11,12)6-1-5(4-16)2-7(3-6)9(13,14)15/h4-7,12-13H,1-3,8-9H2;1-3,16H,4H2. The summed E-state index contributed by atoms with van der Waals surface area (Å²) in [6.45, 7) is -0.0153. The van der Waals surface area contributed by atoms with Crippen molar-refractivity contribution in [3.63, 3.8) is 0 Å². The number of fused-ring (bicyclic) bond motifs is 1. The van der Waals surface area contributed by atoms with Gasteiger partial charge in [0.25, 0.3) is 0 Å². The Labute approximate surface area is 185 Å². The summed E-state index contributed by atoms with van der Waals surface area (Å²) in [4.78, 5) is 13.8. The minimum Gasteiger partial charge on any atom is -0.392 e. The third kappa shape index (κ3) is 6.04. The number of rotatable bonds is 2. The monoisotopic (exact) mass is 477 g/mol. The summed E-state index contributed by atoms with van der Waals surface area (Å²) in [7, 11) is 0. The molecule has 1 N–H and O–H groups in total. The van der Waals surface area contributed by atoms with Gasteiger partial charge in [-0.1, -0.05) is 12.1 Å². The number of piperidine rings is 1. The summed E-state index contributed by atoms with van der Waals surface area (Å²) < 4.78 is 86.2. The van der Waals surface area contributed by atoms with Crippen molar-refractivity contribution in [3.05, 3.63) is 70.5 Å². The smallest absolute Gasteiger partial charge is 0.392 e. The van der Waals surface area contributed by atoms with Gasteiger partial charge in [-0.3, -0.25) is 4.79 Å². The number of halogens is 7. The van der Waals surface area contributed by atoms with Crippen LogP contribution in [0.5, 0.6) is 0 Å². The van der Waals surface area contributed by atoms with Crippen LogP contribution in [0, 0.1) is 5.82 Å². The minimum atomic E-state index is -4.87. The van der Waals surface area contributed by atoms with Gasteiger partial charge in [-0.15, -0.1) is 0 Å². The van der Waals surface area contributed by atoms with E-state index < -0.39 is 35.6 Å². The van der Waals surface area contributed by atoms with E-state index in [4.69, 9.17) is 5.11 Å². The molecule has 2 aliphatic heterocycles. The first kappa shape index (κ1) is 25.0. The maximum absolute atomic E-state index is 12.9. The van der Waals surface area contributed by atoms with Gasteiger partial charge in [-0.05, 0) is 60.7 Å². The summed E-state index contributed by atoms with van der Waals surface area (Å²) in [5.41, 5.74) is -2.10. The fraction of sp³-hybridized carbons (Fsp3) is 0.435. The molecule has 2 heterocycles. The zero-order valence-electron chi connectivity index (χ0n) is 17.4. The molecule has 3 nitrogen and oxygen atoms in total. The van der Waals surface area contributed by atoms with Gasteiger partial charge in [0.1, 0.15) is 5.82 Å². The van der Waals surface area contributed by atoms with Gasteiger partial charge in [-0.25, -0.2) is 4.39 Å². The van der Waals surface area contributed by atoms with E-state index in [1.807, 2.05) is 17.0 Å². The van der Waals surface area contributed by atoms with Gasteiger partial charge < -0.3 is 10.0 Å². The Bertz CT molecular complexity index is 938. The molecule has 2 aliphatic rings. The van der Waals surface area contributed by atoms with Gasteiger partial charge in [0.2, 0.25) is 5.91 Å². The molecule has 0 radical (unpaired) electrons. The van der Waals surface area contributed by atoms with E-state index in [1.165, 1.54) is 17.7 Å². The Kier molecular flexibility index (Phi) is 7.36. The molecule has 2 atom stereocenters. The summed E-state index contributed by atoms with van der Waals surface area (Å²) >= 11 is 0. The Morgan fingerprint density at radius 3 is 2.00 bits per heavy atom. The van der Waals surface area contributed by atoms with Crippen molar-refractivity contribution < 1.29 is 40.6 Å². The van der Waals surface area contributed by atoms with Crippen molar-refractivity contribution in [2.24, 2.45) is 0 Å². The maximum Gasteiger partial charge on any atom is 0.416 e. The number of hydrogen-bond acceptors (Lipinski definition) is 2. The van der Waals surface area contributed by atoms with Gasteiger partial charge in [0, 0.05) is 24.9 Å². The first-order valence-corrected chi connectivity index (χ1v) is 10.3. The molecule has 0 bridgehead atoms. The lowest BCUT2D eigenvalue weighted by Crippen LogP contribution is -2.40. The largest absolute Gasteiger partial charge is 0.416 e. The molecule has 1 amide bonds. The number of nitrogens with zero attached hydrogens (tertiary/aromatic N) is 1. The van der Waals surface area contributed by atoms with Gasteiger partial charge in [0.05, 0.1) is 17.7 Å². The topological polar surface area (TPSA) is 40.5 Å². The second-order valence-electron chi connectivity index (χ2n) is 8.07. The zero-order valence-corrected chi connectivity index (χ0v) is 17.4. The third-order valence-corrected chi connectivity index (χ3v) is 5.88. The number of aliphatic hydroxyl groups is 1. The molecular formula is C23H22F7NO2. The molecule has 4 rings (SSSR count). The van der Waals surface area contributed by atoms with Crippen molar-refractivity contribution in [2.45, 2.75) is 56.6 Å². The number of alkyl halides is 6. The molecule has 180 valence electrons. The lowest BCUT2D eigenvalue weighted by atomic mass is 9.87. The van der Waals surface area contributed by atoms with Crippen LogP contribution in [-0.4, -0.2) is 28.5 Å².